The average molecular weight is 385 g/mol. The van der Waals surface area contributed by atoms with E-state index in [-0.39, 0.29) is 4.90 Å². The molecule has 0 saturated carbocycles. The van der Waals surface area contributed by atoms with E-state index in [9.17, 15) is 8.42 Å². The third kappa shape index (κ3) is 2.66. The van der Waals surface area contributed by atoms with Gasteiger partial charge in [-0.15, -0.1) is 0 Å². The van der Waals surface area contributed by atoms with Gasteiger partial charge >= 0.3 is 0 Å². The van der Waals surface area contributed by atoms with Crippen LogP contribution in [0.15, 0.2) is 23.1 Å². The minimum Gasteiger partial charge on any atom is -0.221 e. The van der Waals surface area contributed by atoms with E-state index in [0.717, 1.165) is 0 Å². The van der Waals surface area contributed by atoms with E-state index in [2.05, 4.69) is 0 Å². The largest absolute Gasteiger partial charge is 0.221 e. The van der Waals surface area contributed by atoms with Crippen LogP contribution in [0.2, 0.25) is 5.02 Å². The third-order valence-electron chi connectivity index (χ3n) is 1.45. The summed E-state index contributed by atoms with van der Waals surface area (Å²) in [7, 11) is -3.65. The topological polar surface area (TPSA) is 34.1 Å². The third-order valence-corrected chi connectivity index (χ3v) is 5.78. The molecule has 0 fully saturated rings. The van der Waals surface area contributed by atoms with Crippen LogP contribution in [0.25, 0.3) is 0 Å². The molecule has 2 nitrogen and oxygen atoms in total. The highest BCUT2D eigenvalue weighted by molar-refractivity contribution is 14.1. The lowest BCUT2D eigenvalue weighted by Gasteiger charge is -2.05. The van der Waals surface area contributed by atoms with Crippen LogP contribution >= 0.6 is 57.4 Å². The van der Waals surface area contributed by atoms with Gasteiger partial charge in [0.05, 0.1) is 9.92 Å². The quantitative estimate of drug-likeness (QED) is 0.577. The molecule has 1 aromatic carbocycles. The number of benzene rings is 1. The smallest absolute Gasteiger partial charge is 0.212 e. The van der Waals surface area contributed by atoms with Gasteiger partial charge < -0.3 is 0 Å². The molecule has 7 heteroatoms. The SMILES string of the molecule is O=S(=O)(c1ccc(Cl)c(I)c1)C(Cl)Cl. The molecule has 0 aliphatic rings. The summed E-state index contributed by atoms with van der Waals surface area (Å²) in [4.78, 5) is 0.0706. The fourth-order valence-electron chi connectivity index (χ4n) is 0.757. The predicted molar refractivity (Wildman–Crippen MR) is 66.8 cm³/mol. The van der Waals surface area contributed by atoms with Gasteiger partial charge in [0.2, 0.25) is 14.0 Å². The summed E-state index contributed by atoms with van der Waals surface area (Å²) >= 11 is 18.3. The summed E-state index contributed by atoms with van der Waals surface area (Å²) in [6.07, 6.45) is 0. The number of sulfone groups is 1. The van der Waals surface area contributed by atoms with Gasteiger partial charge in [-0.05, 0) is 40.8 Å². The summed E-state index contributed by atoms with van der Waals surface area (Å²) in [6, 6.07) is 4.29. The van der Waals surface area contributed by atoms with E-state index < -0.39 is 14.0 Å². The lowest BCUT2D eigenvalue weighted by molar-refractivity contribution is 0.598. The molecule has 78 valence electrons. The highest BCUT2D eigenvalue weighted by Crippen LogP contribution is 2.26. The Bertz CT molecular complexity index is 444. The van der Waals surface area contributed by atoms with Gasteiger partial charge in [0.15, 0.2) is 0 Å². The van der Waals surface area contributed by atoms with Gasteiger partial charge in [-0.3, -0.25) is 0 Å². The summed E-state index contributed by atoms with van der Waals surface area (Å²) in [5, 5.41) is 0.491. The van der Waals surface area contributed by atoms with E-state index >= 15 is 0 Å². The summed E-state index contributed by atoms with van der Waals surface area (Å²) in [5.74, 6) is 0. The van der Waals surface area contributed by atoms with Crippen molar-refractivity contribution in [2.24, 2.45) is 0 Å². The number of alkyl halides is 2. The first-order chi connectivity index (χ1) is 6.35. The molecule has 0 aliphatic carbocycles. The molecule has 0 amide bonds. The Kier molecular flexibility index (Phi) is 4.34. The van der Waals surface area contributed by atoms with Gasteiger partial charge in [-0.25, -0.2) is 8.42 Å². The summed E-state index contributed by atoms with van der Waals surface area (Å²) in [6.45, 7) is 0. The van der Waals surface area contributed by atoms with Gasteiger partial charge in [0, 0.05) is 3.57 Å². The Balaban J connectivity index is 3.29. The fraction of sp³-hybridized carbons (Fsp3) is 0.143. The minimum atomic E-state index is -3.65. The molecule has 0 N–H and O–H groups in total. The van der Waals surface area contributed by atoms with Gasteiger partial charge in [-0.1, -0.05) is 34.8 Å². The van der Waals surface area contributed by atoms with Crippen molar-refractivity contribution in [1.82, 2.24) is 0 Å². The second kappa shape index (κ2) is 4.74. The van der Waals surface area contributed by atoms with E-state index in [1.165, 1.54) is 18.2 Å². The maximum absolute atomic E-state index is 11.5. The Hall–Kier alpha value is 0.770. The van der Waals surface area contributed by atoms with Gasteiger partial charge in [-0.2, -0.15) is 0 Å². The van der Waals surface area contributed by atoms with Crippen LogP contribution in [0, 0.1) is 3.57 Å². The highest BCUT2D eigenvalue weighted by atomic mass is 127. The molecule has 0 unspecified atom stereocenters. The van der Waals surface area contributed by atoms with Crippen molar-refractivity contribution in [3.63, 3.8) is 0 Å². The highest BCUT2D eigenvalue weighted by Gasteiger charge is 2.23. The van der Waals surface area contributed by atoms with Crippen molar-refractivity contribution < 1.29 is 8.42 Å². The van der Waals surface area contributed by atoms with E-state index in [1.807, 2.05) is 22.6 Å². The molecule has 0 spiro atoms. The fourth-order valence-corrected chi connectivity index (χ4v) is 2.96. The summed E-state index contributed by atoms with van der Waals surface area (Å²) < 4.78 is 22.1. The first kappa shape index (κ1) is 12.8. The van der Waals surface area contributed by atoms with Gasteiger partial charge in [0.25, 0.3) is 0 Å². The second-order valence-corrected chi connectivity index (χ2v) is 7.60. The first-order valence-corrected chi connectivity index (χ1v) is 7.20. The van der Waals surface area contributed by atoms with Crippen molar-refractivity contribution in [3.05, 3.63) is 26.8 Å². The first-order valence-electron chi connectivity index (χ1n) is 3.33. The molecule has 0 heterocycles. The standard InChI is InChI=1S/C7H4Cl3IO2S/c8-5-2-1-4(3-6(5)11)14(12,13)7(9)10/h1-3,7H. The molecule has 0 bridgehead atoms. The molecule has 0 atom stereocenters. The molecule has 0 aliphatic heterocycles. The number of hydrogen-bond acceptors (Lipinski definition) is 2. The Morgan fingerprint density at radius 2 is 1.86 bits per heavy atom. The maximum Gasteiger partial charge on any atom is 0.212 e. The molecule has 0 aromatic heterocycles. The van der Waals surface area contributed by atoms with Gasteiger partial charge in [0.1, 0.15) is 0 Å². The molecule has 1 rings (SSSR count). The average Bonchev–Trinajstić information content (AvgIpc) is 2.09. The zero-order chi connectivity index (χ0) is 10.9. The monoisotopic (exact) mass is 384 g/mol. The molecular formula is C7H4Cl3IO2S. The van der Waals surface area contributed by atoms with E-state index in [1.54, 1.807) is 0 Å². The number of hydrogen-bond donors (Lipinski definition) is 0. The Labute approximate surface area is 111 Å². The van der Waals surface area contributed by atoms with Crippen LogP contribution in [0.3, 0.4) is 0 Å². The van der Waals surface area contributed by atoms with Crippen molar-refractivity contribution in [3.8, 4) is 0 Å². The molecule has 1 aromatic rings. The zero-order valence-electron chi connectivity index (χ0n) is 6.55. The number of halogens is 4. The lowest BCUT2D eigenvalue weighted by atomic mass is 10.4. The van der Waals surface area contributed by atoms with Crippen molar-refractivity contribution >= 4 is 67.2 Å². The van der Waals surface area contributed by atoms with Crippen LogP contribution in [0.1, 0.15) is 0 Å². The Morgan fingerprint density at radius 3 is 2.29 bits per heavy atom. The van der Waals surface area contributed by atoms with Crippen LogP contribution in [0.4, 0.5) is 0 Å². The number of rotatable bonds is 2. The van der Waals surface area contributed by atoms with Crippen molar-refractivity contribution in [2.75, 3.05) is 0 Å². The molecular weight excluding hydrogens is 381 g/mol. The zero-order valence-corrected chi connectivity index (χ0v) is 11.8. The van der Waals surface area contributed by atoms with E-state index in [0.29, 0.717) is 8.59 Å². The maximum atomic E-state index is 11.5. The lowest BCUT2D eigenvalue weighted by Crippen LogP contribution is -2.09. The van der Waals surface area contributed by atoms with Crippen molar-refractivity contribution in [1.29, 1.82) is 0 Å². The van der Waals surface area contributed by atoms with E-state index in [4.69, 9.17) is 34.8 Å². The molecule has 0 saturated heterocycles. The second-order valence-electron chi connectivity index (χ2n) is 2.38. The summed E-state index contributed by atoms with van der Waals surface area (Å²) in [5.41, 5.74) is 0. The van der Waals surface area contributed by atoms with Crippen LogP contribution in [-0.4, -0.2) is 12.6 Å². The predicted octanol–water partition coefficient (Wildman–Crippen LogP) is 3.48. The van der Waals surface area contributed by atoms with Crippen LogP contribution < -0.4 is 0 Å². The molecule has 14 heavy (non-hydrogen) atoms. The van der Waals surface area contributed by atoms with Crippen LogP contribution in [0.5, 0.6) is 0 Å². The Morgan fingerprint density at radius 1 is 1.29 bits per heavy atom. The minimum absolute atomic E-state index is 0.0706. The normalized spacial score (nSPS) is 12.1. The van der Waals surface area contributed by atoms with Crippen LogP contribution in [-0.2, 0) is 9.84 Å². The van der Waals surface area contributed by atoms with Crippen molar-refractivity contribution in [2.45, 2.75) is 9.06 Å². The molecule has 0 radical (unpaired) electrons.